The summed E-state index contributed by atoms with van der Waals surface area (Å²) >= 11 is 0. The molecule has 1 aliphatic rings. The van der Waals surface area contributed by atoms with Gasteiger partial charge in [-0.1, -0.05) is 24.6 Å². The fraction of sp³-hybridized carbons (Fsp3) is 0.421. The van der Waals surface area contributed by atoms with Crippen molar-refractivity contribution in [2.24, 2.45) is 14.1 Å². The van der Waals surface area contributed by atoms with Crippen LogP contribution in [0, 0.1) is 0 Å². The third-order valence-corrected chi connectivity index (χ3v) is 7.04. The second kappa shape index (κ2) is 8.84. The number of hydrogen-bond acceptors (Lipinski definition) is 5. The zero-order chi connectivity index (χ0) is 21.9. The molecule has 1 aromatic heterocycles. The Morgan fingerprint density at radius 1 is 1.13 bits per heavy atom. The molecule has 0 saturated carbocycles. The Morgan fingerprint density at radius 3 is 2.53 bits per heavy atom. The van der Waals surface area contributed by atoms with Crippen molar-refractivity contribution < 1.29 is 13.2 Å². The van der Waals surface area contributed by atoms with Crippen LogP contribution >= 0.6 is 0 Å². The molecule has 0 aliphatic carbocycles. The Bertz CT molecular complexity index is 1140. The lowest BCUT2D eigenvalue weighted by Crippen LogP contribution is -2.51. The molecule has 0 radical (unpaired) electrons. The van der Waals surface area contributed by atoms with E-state index in [1.165, 1.54) is 18.4 Å². The standard InChI is InChI=1S/C19H25N5O5S/c1-22-13-16(17(25)23(2)19(22)27)30(28,29)24-11-7-6-10-15(24)12-20-18(26)21-14-8-4-3-5-9-14/h3-5,8-9,13,15H,6-7,10-12H2,1-2H3,(H2,20,21,26). The largest absolute Gasteiger partial charge is 0.336 e. The molecular weight excluding hydrogens is 410 g/mol. The van der Waals surface area contributed by atoms with Crippen LogP contribution in [0.5, 0.6) is 0 Å². The molecule has 10 nitrogen and oxygen atoms in total. The minimum absolute atomic E-state index is 0.101. The average Bonchev–Trinajstić information content (AvgIpc) is 2.74. The lowest BCUT2D eigenvalue weighted by Gasteiger charge is -2.34. The molecule has 2 N–H and O–H groups in total. The summed E-state index contributed by atoms with van der Waals surface area (Å²) in [7, 11) is -1.51. The number of urea groups is 1. The first-order chi connectivity index (χ1) is 14.2. The summed E-state index contributed by atoms with van der Waals surface area (Å²) in [6.45, 7) is 0.338. The Hall–Kier alpha value is -2.92. The summed E-state index contributed by atoms with van der Waals surface area (Å²) in [5.74, 6) is 0. The topological polar surface area (TPSA) is 123 Å². The number of anilines is 1. The minimum atomic E-state index is -4.14. The van der Waals surface area contributed by atoms with Gasteiger partial charge in [0.05, 0.1) is 0 Å². The number of benzene rings is 1. The van der Waals surface area contributed by atoms with Crippen molar-refractivity contribution in [3.05, 3.63) is 57.4 Å². The molecule has 1 unspecified atom stereocenters. The van der Waals surface area contributed by atoms with Crippen molar-refractivity contribution in [2.45, 2.75) is 30.2 Å². The number of nitrogens with zero attached hydrogens (tertiary/aromatic N) is 3. The molecule has 1 fully saturated rings. The average molecular weight is 436 g/mol. The van der Waals surface area contributed by atoms with Gasteiger partial charge in [-0.2, -0.15) is 4.31 Å². The Labute approximate surface area is 174 Å². The first-order valence-electron chi connectivity index (χ1n) is 9.60. The lowest BCUT2D eigenvalue weighted by atomic mass is 10.1. The second-order valence-electron chi connectivity index (χ2n) is 7.22. The van der Waals surface area contributed by atoms with Gasteiger partial charge in [0, 0.05) is 45.1 Å². The highest BCUT2D eigenvalue weighted by Crippen LogP contribution is 2.23. The first kappa shape index (κ1) is 21.8. The molecule has 11 heteroatoms. The molecule has 2 aromatic rings. The van der Waals surface area contributed by atoms with Crippen LogP contribution in [0.1, 0.15) is 19.3 Å². The molecule has 2 amide bonds. The highest BCUT2D eigenvalue weighted by Gasteiger charge is 2.36. The molecular formula is C19H25N5O5S. The predicted molar refractivity (Wildman–Crippen MR) is 112 cm³/mol. The summed E-state index contributed by atoms with van der Waals surface area (Å²) in [5, 5.41) is 5.39. The third-order valence-electron chi connectivity index (χ3n) is 5.10. The second-order valence-corrected chi connectivity index (χ2v) is 9.08. The number of amides is 2. The van der Waals surface area contributed by atoms with Crippen LogP contribution in [-0.2, 0) is 24.1 Å². The highest BCUT2D eigenvalue weighted by molar-refractivity contribution is 7.89. The number of piperidine rings is 1. The smallest absolute Gasteiger partial charge is 0.330 e. The quantitative estimate of drug-likeness (QED) is 0.706. The molecule has 2 heterocycles. The molecule has 3 rings (SSSR count). The number of carbonyl (C=O) groups is 1. The van der Waals surface area contributed by atoms with E-state index in [9.17, 15) is 22.8 Å². The van der Waals surface area contributed by atoms with Gasteiger partial charge < -0.3 is 15.2 Å². The minimum Gasteiger partial charge on any atom is -0.336 e. The zero-order valence-corrected chi connectivity index (χ0v) is 17.7. The van der Waals surface area contributed by atoms with Gasteiger partial charge in [-0.25, -0.2) is 18.0 Å². The van der Waals surface area contributed by atoms with Crippen LogP contribution in [0.4, 0.5) is 10.5 Å². The van der Waals surface area contributed by atoms with Gasteiger partial charge >= 0.3 is 11.7 Å². The first-order valence-corrected chi connectivity index (χ1v) is 11.0. The van der Waals surface area contributed by atoms with E-state index in [-0.39, 0.29) is 13.1 Å². The van der Waals surface area contributed by atoms with Crippen LogP contribution in [-0.4, -0.2) is 47.0 Å². The molecule has 30 heavy (non-hydrogen) atoms. The number of nitrogens with one attached hydrogen (secondary N) is 2. The summed E-state index contributed by atoms with van der Waals surface area (Å²) in [5.41, 5.74) is -0.845. The van der Waals surface area contributed by atoms with Gasteiger partial charge in [0.2, 0.25) is 10.0 Å². The highest BCUT2D eigenvalue weighted by atomic mass is 32.2. The lowest BCUT2D eigenvalue weighted by molar-refractivity contribution is 0.231. The van der Waals surface area contributed by atoms with E-state index in [0.29, 0.717) is 18.5 Å². The van der Waals surface area contributed by atoms with Gasteiger partial charge in [0.15, 0.2) is 4.90 Å². The molecule has 0 spiro atoms. The maximum atomic E-state index is 13.2. The predicted octanol–water partition coefficient (Wildman–Crippen LogP) is 0.449. The molecule has 1 aromatic carbocycles. The van der Waals surface area contributed by atoms with E-state index >= 15 is 0 Å². The van der Waals surface area contributed by atoms with Crippen molar-refractivity contribution in [3.63, 3.8) is 0 Å². The monoisotopic (exact) mass is 435 g/mol. The van der Waals surface area contributed by atoms with Crippen LogP contribution in [0.3, 0.4) is 0 Å². The van der Waals surface area contributed by atoms with Gasteiger partial charge in [-0.05, 0) is 25.0 Å². The fourth-order valence-electron chi connectivity index (χ4n) is 3.48. The van der Waals surface area contributed by atoms with E-state index in [1.807, 2.05) is 6.07 Å². The van der Waals surface area contributed by atoms with E-state index in [0.717, 1.165) is 21.8 Å². The zero-order valence-electron chi connectivity index (χ0n) is 16.9. The summed E-state index contributed by atoms with van der Waals surface area (Å²) in [4.78, 5) is 36.1. The van der Waals surface area contributed by atoms with Gasteiger partial charge in [0.25, 0.3) is 5.56 Å². The Balaban J connectivity index is 1.79. The summed E-state index contributed by atoms with van der Waals surface area (Å²) < 4.78 is 29.6. The molecule has 1 aliphatic heterocycles. The van der Waals surface area contributed by atoms with Crippen molar-refractivity contribution in [1.29, 1.82) is 0 Å². The van der Waals surface area contributed by atoms with Gasteiger partial charge in [-0.15, -0.1) is 0 Å². The maximum absolute atomic E-state index is 13.2. The van der Waals surface area contributed by atoms with Crippen LogP contribution < -0.4 is 21.9 Å². The Morgan fingerprint density at radius 2 is 1.83 bits per heavy atom. The number of hydrogen-bond donors (Lipinski definition) is 2. The fourth-order valence-corrected chi connectivity index (χ4v) is 5.32. The number of para-hydroxylation sites is 1. The number of aryl methyl sites for hydroxylation is 1. The molecule has 162 valence electrons. The molecule has 1 atom stereocenters. The van der Waals surface area contributed by atoms with E-state index in [1.54, 1.807) is 24.3 Å². The van der Waals surface area contributed by atoms with Crippen LogP contribution in [0.15, 0.2) is 51.0 Å². The number of rotatable bonds is 5. The Kier molecular flexibility index (Phi) is 6.42. The van der Waals surface area contributed by atoms with E-state index in [4.69, 9.17) is 0 Å². The summed E-state index contributed by atoms with van der Waals surface area (Å²) in [6.07, 6.45) is 3.07. The van der Waals surface area contributed by atoms with E-state index < -0.39 is 38.2 Å². The number of sulfonamides is 1. The summed E-state index contributed by atoms with van der Waals surface area (Å²) in [6, 6.07) is 7.96. The van der Waals surface area contributed by atoms with Gasteiger partial charge in [0.1, 0.15) is 0 Å². The van der Waals surface area contributed by atoms with Crippen LogP contribution in [0.2, 0.25) is 0 Å². The third kappa shape index (κ3) is 4.46. The van der Waals surface area contributed by atoms with Crippen molar-refractivity contribution in [3.8, 4) is 0 Å². The van der Waals surface area contributed by atoms with E-state index in [2.05, 4.69) is 10.6 Å². The van der Waals surface area contributed by atoms with Crippen LogP contribution in [0.25, 0.3) is 0 Å². The van der Waals surface area contributed by atoms with Crippen molar-refractivity contribution in [1.82, 2.24) is 18.8 Å². The SMILES string of the molecule is Cn1cc(S(=O)(=O)N2CCCCC2CNC(=O)Nc2ccccc2)c(=O)n(C)c1=O. The normalized spacial score (nSPS) is 17.5. The number of aromatic nitrogens is 2. The van der Waals surface area contributed by atoms with Crippen molar-refractivity contribution in [2.75, 3.05) is 18.4 Å². The number of carbonyl (C=O) groups excluding carboxylic acids is 1. The molecule has 0 bridgehead atoms. The molecule has 1 saturated heterocycles. The van der Waals surface area contributed by atoms with Crippen molar-refractivity contribution >= 4 is 21.7 Å². The maximum Gasteiger partial charge on any atom is 0.330 e. The van der Waals surface area contributed by atoms with Gasteiger partial charge in [-0.3, -0.25) is 9.36 Å².